The predicted octanol–water partition coefficient (Wildman–Crippen LogP) is 3.03. The summed E-state index contributed by atoms with van der Waals surface area (Å²) in [6, 6.07) is 0. The van der Waals surface area contributed by atoms with Gasteiger partial charge in [-0.15, -0.1) is 11.3 Å². The van der Waals surface area contributed by atoms with Crippen LogP contribution < -0.4 is 4.90 Å². The van der Waals surface area contributed by atoms with E-state index < -0.39 is 5.97 Å². The molecule has 0 aromatic carbocycles. The number of carbonyl (C=O) groups is 1. The quantitative estimate of drug-likeness (QED) is 0.904. The Kier molecular flexibility index (Phi) is 3.04. The lowest BCUT2D eigenvalue weighted by molar-refractivity contribution is -0.139. The van der Waals surface area contributed by atoms with Gasteiger partial charge < -0.3 is 10.0 Å². The second kappa shape index (κ2) is 4.47. The normalized spacial score (nSPS) is 25.4. The van der Waals surface area contributed by atoms with Gasteiger partial charge in [-0.1, -0.05) is 0 Å². The number of anilines is 1. The third kappa shape index (κ3) is 2.14. The molecule has 0 spiro atoms. The molecular weight excluding hydrogens is 260 g/mol. The van der Waals surface area contributed by atoms with Gasteiger partial charge in [0, 0.05) is 17.0 Å². The van der Waals surface area contributed by atoms with Crippen molar-refractivity contribution in [1.29, 1.82) is 0 Å². The third-order valence-corrected chi connectivity index (χ3v) is 5.53. The maximum absolute atomic E-state index is 11.3. The zero-order valence-corrected chi connectivity index (χ0v) is 12.3. The van der Waals surface area contributed by atoms with Gasteiger partial charge in [-0.2, -0.15) is 0 Å². The molecule has 0 saturated carbocycles. The van der Waals surface area contributed by atoms with Gasteiger partial charge in [-0.3, -0.25) is 4.79 Å². The van der Waals surface area contributed by atoms with E-state index in [0.717, 1.165) is 36.6 Å². The van der Waals surface area contributed by atoms with Crippen LogP contribution in [0.15, 0.2) is 0 Å². The molecule has 1 aliphatic heterocycles. The van der Waals surface area contributed by atoms with Crippen molar-refractivity contribution in [3.8, 4) is 0 Å². The van der Waals surface area contributed by atoms with Crippen LogP contribution in [0.25, 0.3) is 0 Å². The van der Waals surface area contributed by atoms with Crippen LogP contribution in [0.3, 0.4) is 0 Å². The number of hydrogen-bond acceptors (Lipinski definition) is 4. The average Bonchev–Trinajstić information content (AvgIpc) is 2.90. The van der Waals surface area contributed by atoms with Crippen LogP contribution in [0.1, 0.15) is 56.0 Å². The number of thiazole rings is 1. The van der Waals surface area contributed by atoms with E-state index in [4.69, 9.17) is 4.98 Å². The fourth-order valence-corrected chi connectivity index (χ4v) is 4.58. The van der Waals surface area contributed by atoms with Gasteiger partial charge in [0.15, 0.2) is 5.13 Å². The van der Waals surface area contributed by atoms with Crippen LogP contribution in [-0.2, 0) is 11.2 Å². The van der Waals surface area contributed by atoms with Gasteiger partial charge >= 0.3 is 5.97 Å². The van der Waals surface area contributed by atoms with E-state index in [0.29, 0.717) is 0 Å². The Labute approximate surface area is 117 Å². The van der Waals surface area contributed by atoms with Gasteiger partial charge in [-0.05, 0) is 46.0 Å². The van der Waals surface area contributed by atoms with Crippen molar-refractivity contribution in [1.82, 2.24) is 4.98 Å². The Morgan fingerprint density at radius 3 is 2.89 bits per heavy atom. The number of carboxylic acid groups (broad SMARTS) is 1. The molecule has 3 rings (SSSR count). The highest BCUT2D eigenvalue weighted by Gasteiger charge is 2.36. The lowest BCUT2D eigenvalue weighted by atomic mass is 9.91. The maximum Gasteiger partial charge on any atom is 0.312 e. The minimum atomic E-state index is -0.724. The SMILES string of the molecule is CC1(C)CCCN1c1nc2c(s1)CCCC2C(=O)O. The monoisotopic (exact) mass is 280 g/mol. The fraction of sp³-hybridized carbons (Fsp3) is 0.714. The van der Waals surface area contributed by atoms with Gasteiger partial charge in [-0.25, -0.2) is 4.98 Å². The van der Waals surface area contributed by atoms with Crippen LogP contribution in [0.4, 0.5) is 5.13 Å². The van der Waals surface area contributed by atoms with Gasteiger partial charge in [0.25, 0.3) is 0 Å². The van der Waals surface area contributed by atoms with Crippen LogP contribution >= 0.6 is 11.3 Å². The van der Waals surface area contributed by atoms with Crippen LogP contribution in [-0.4, -0.2) is 28.1 Å². The van der Waals surface area contributed by atoms with Crippen molar-refractivity contribution in [3.05, 3.63) is 10.6 Å². The highest BCUT2D eigenvalue weighted by Crippen LogP contribution is 2.42. The van der Waals surface area contributed by atoms with Crippen LogP contribution in [0.5, 0.6) is 0 Å². The number of hydrogen-bond donors (Lipinski definition) is 1. The summed E-state index contributed by atoms with van der Waals surface area (Å²) in [5, 5.41) is 10.3. The second-order valence-corrected chi connectivity index (χ2v) is 7.22. The number of rotatable bonds is 2. The van der Waals surface area contributed by atoms with Gasteiger partial charge in [0.05, 0.1) is 5.69 Å². The van der Waals surface area contributed by atoms with Crippen molar-refractivity contribution >= 4 is 22.4 Å². The van der Waals surface area contributed by atoms with E-state index >= 15 is 0 Å². The molecule has 1 atom stereocenters. The molecule has 2 aliphatic rings. The smallest absolute Gasteiger partial charge is 0.312 e. The zero-order valence-electron chi connectivity index (χ0n) is 11.5. The first-order valence-electron chi connectivity index (χ1n) is 6.99. The molecule has 5 heteroatoms. The summed E-state index contributed by atoms with van der Waals surface area (Å²) < 4.78 is 0. The summed E-state index contributed by atoms with van der Waals surface area (Å²) in [5.41, 5.74) is 0.987. The highest BCUT2D eigenvalue weighted by molar-refractivity contribution is 7.15. The first kappa shape index (κ1) is 12.9. The highest BCUT2D eigenvalue weighted by atomic mass is 32.1. The molecule has 0 amide bonds. The minimum Gasteiger partial charge on any atom is -0.481 e. The van der Waals surface area contributed by atoms with Gasteiger partial charge in [0.2, 0.25) is 0 Å². The van der Waals surface area contributed by atoms with Crippen molar-refractivity contribution in [3.63, 3.8) is 0 Å². The Bertz CT molecular complexity index is 510. The molecule has 19 heavy (non-hydrogen) atoms. The summed E-state index contributed by atoms with van der Waals surface area (Å²) in [7, 11) is 0. The van der Waals surface area contributed by atoms with Crippen LogP contribution in [0, 0.1) is 0 Å². The molecule has 1 aromatic heterocycles. The summed E-state index contributed by atoms with van der Waals surface area (Å²) in [6.07, 6.45) is 5.06. The van der Waals surface area contributed by atoms with E-state index in [1.165, 1.54) is 17.7 Å². The van der Waals surface area contributed by atoms with Crippen molar-refractivity contribution < 1.29 is 9.90 Å². The van der Waals surface area contributed by atoms with E-state index in [2.05, 4.69) is 18.7 Å². The topological polar surface area (TPSA) is 53.4 Å². The van der Waals surface area contributed by atoms with E-state index in [1.807, 2.05) is 0 Å². The lowest BCUT2D eigenvalue weighted by Gasteiger charge is -2.31. The molecule has 1 aromatic rings. The number of nitrogens with zero attached hydrogens (tertiary/aromatic N) is 2. The summed E-state index contributed by atoms with van der Waals surface area (Å²) >= 11 is 1.71. The first-order valence-corrected chi connectivity index (χ1v) is 7.81. The molecule has 1 unspecified atom stereocenters. The maximum atomic E-state index is 11.3. The average molecular weight is 280 g/mol. The van der Waals surface area contributed by atoms with Crippen molar-refractivity contribution in [2.75, 3.05) is 11.4 Å². The second-order valence-electron chi connectivity index (χ2n) is 6.16. The number of carboxylic acids is 1. The van der Waals surface area contributed by atoms with Crippen molar-refractivity contribution in [2.24, 2.45) is 0 Å². The van der Waals surface area contributed by atoms with E-state index in [9.17, 15) is 9.90 Å². The van der Waals surface area contributed by atoms with Crippen molar-refractivity contribution in [2.45, 2.75) is 57.4 Å². The molecule has 1 N–H and O–H groups in total. The molecule has 1 saturated heterocycles. The largest absolute Gasteiger partial charge is 0.481 e. The Balaban J connectivity index is 1.96. The Morgan fingerprint density at radius 2 is 2.26 bits per heavy atom. The number of aliphatic carboxylic acids is 1. The summed E-state index contributed by atoms with van der Waals surface area (Å²) in [4.78, 5) is 19.6. The summed E-state index contributed by atoms with van der Waals surface area (Å²) in [6.45, 7) is 5.53. The standard InChI is InChI=1S/C14H20N2O2S/c1-14(2)7-4-8-16(14)13-15-11-9(12(17)18)5-3-6-10(11)19-13/h9H,3-8H2,1-2H3,(H,17,18). The molecule has 0 radical (unpaired) electrons. The predicted molar refractivity (Wildman–Crippen MR) is 76.1 cm³/mol. The minimum absolute atomic E-state index is 0.152. The number of fused-ring (bicyclic) bond motifs is 1. The zero-order chi connectivity index (χ0) is 13.6. The summed E-state index contributed by atoms with van der Waals surface area (Å²) in [5.74, 6) is -1.11. The Morgan fingerprint density at radius 1 is 1.47 bits per heavy atom. The number of aryl methyl sites for hydroxylation is 1. The lowest BCUT2D eigenvalue weighted by Crippen LogP contribution is -2.38. The number of aromatic nitrogens is 1. The van der Waals surface area contributed by atoms with E-state index in [-0.39, 0.29) is 11.5 Å². The molecular formula is C14H20N2O2S. The molecule has 104 valence electrons. The first-order chi connectivity index (χ1) is 8.99. The molecule has 4 nitrogen and oxygen atoms in total. The van der Waals surface area contributed by atoms with Gasteiger partial charge in [0.1, 0.15) is 5.92 Å². The van der Waals surface area contributed by atoms with E-state index in [1.54, 1.807) is 11.3 Å². The molecule has 2 heterocycles. The van der Waals surface area contributed by atoms with Crippen LogP contribution in [0.2, 0.25) is 0 Å². The fourth-order valence-electron chi connectivity index (χ4n) is 3.22. The molecule has 1 aliphatic carbocycles. The Hall–Kier alpha value is -1.10. The third-order valence-electron chi connectivity index (χ3n) is 4.37. The molecule has 1 fully saturated rings. The molecule has 0 bridgehead atoms.